The van der Waals surface area contributed by atoms with E-state index in [1.165, 1.54) is 18.4 Å². The number of aromatic nitrogens is 4. The van der Waals surface area contributed by atoms with Crippen LogP contribution in [0.2, 0.25) is 0 Å². The van der Waals surface area contributed by atoms with Crippen molar-refractivity contribution >= 4 is 22.8 Å². The fourth-order valence-corrected chi connectivity index (χ4v) is 4.73. The molecule has 1 aliphatic rings. The molecule has 5 aromatic rings. The number of aryl methyl sites for hydroxylation is 1. The van der Waals surface area contributed by atoms with Crippen molar-refractivity contribution in [3.63, 3.8) is 0 Å². The fourth-order valence-electron chi connectivity index (χ4n) is 4.73. The van der Waals surface area contributed by atoms with Crippen molar-refractivity contribution < 1.29 is 13.6 Å². The summed E-state index contributed by atoms with van der Waals surface area (Å²) in [7, 11) is 0. The zero-order valence-corrected chi connectivity index (χ0v) is 20.3. The summed E-state index contributed by atoms with van der Waals surface area (Å²) >= 11 is 0. The topological polar surface area (TPSA) is 80.3 Å². The quantitative estimate of drug-likeness (QED) is 0.359. The highest BCUT2D eigenvalue weighted by atomic mass is 19.1. The number of rotatable bonds is 5. The molecule has 3 aromatic heterocycles. The third-order valence-corrected chi connectivity index (χ3v) is 6.60. The average Bonchev–Trinajstić information content (AvgIpc) is 3.58. The van der Waals surface area contributed by atoms with Gasteiger partial charge in [0, 0.05) is 32.6 Å². The van der Waals surface area contributed by atoms with E-state index in [4.69, 9.17) is 19.5 Å². The molecule has 0 atom stereocenters. The molecular weight excluding hydrogens is 471 g/mol. The minimum atomic E-state index is -0.306. The van der Waals surface area contributed by atoms with Crippen LogP contribution >= 0.6 is 0 Å². The number of hydrogen-bond donors (Lipinski definition) is 0. The highest BCUT2D eigenvalue weighted by molar-refractivity contribution is 5.93. The molecule has 0 radical (unpaired) electrons. The van der Waals surface area contributed by atoms with Gasteiger partial charge in [0.1, 0.15) is 17.5 Å². The molecule has 0 saturated carbocycles. The average molecular weight is 497 g/mol. The number of halogens is 1. The fraction of sp³-hybridized carbons (Fsp3) is 0.214. The molecule has 1 saturated heterocycles. The van der Waals surface area contributed by atoms with E-state index in [2.05, 4.69) is 17.0 Å². The maximum Gasteiger partial charge on any atom is 0.289 e. The summed E-state index contributed by atoms with van der Waals surface area (Å²) in [5.74, 6) is 1.40. The van der Waals surface area contributed by atoms with Gasteiger partial charge in [-0.3, -0.25) is 4.79 Å². The third-order valence-electron chi connectivity index (χ3n) is 6.60. The Kier molecular flexibility index (Phi) is 5.88. The van der Waals surface area contributed by atoms with E-state index < -0.39 is 0 Å². The van der Waals surface area contributed by atoms with Crippen LogP contribution < -0.4 is 4.90 Å². The van der Waals surface area contributed by atoms with Crippen LogP contribution in [-0.2, 0) is 6.42 Å². The molecule has 8 nitrogen and oxygen atoms in total. The van der Waals surface area contributed by atoms with Crippen LogP contribution in [0.1, 0.15) is 27.6 Å². The minimum absolute atomic E-state index is 0.109. The molecule has 0 unspecified atom stereocenters. The predicted octanol–water partition coefficient (Wildman–Crippen LogP) is 4.41. The minimum Gasteiger partial charge on any atom is -0.459 e. The second kappa shape index (κ2) is 9.50. The van der Waals surface area contributed by atoms with Crippen molar-refractivity contribution in [3.8, 4) is 5.69 Å². The molecule has 4 heterocycles. The number of hydrogen-bond acceptors (Lipinski definition) is 6. The van der Waals surface area contributed by atoms with Crippen LogP contribution in [-0.4, -0.2) is 56.7 Å². The van der Waals surface area contributed by atoms with Gasteiger partial charge in [-0.1, -0.05) is 30.3 Å². The standard InChI is InChI=1S/C28H25FN6O2/c1-19-25-26(33-13-15-34(16-14-33)28(36)23-8-5-17-37-23)30-24(18-20-6-3-2-4-7-20)31-27(25)35(32-19)22-11-9-21(29)10-12-22/h2-12,17H,13-16,18H2,1H3. The first-order chi connectivity index (χ1) is 18.1. The maximum atomic E-state index is 13.6. The Morgan fingerprint density at radius 3 is 2.41 bits per heavy atom. The second-order valence-electron chi connectivity index (χ2n) is 9.05. The van der Waals surface area contributed by atoms with Crippen molar-refractivity contribution in [2.45, 2.75) is 13.3 Å². The van der Waals surface area contributed by atoms with Gasteiger partial charge in [-0.2, -0.15) is 5.10 Å². The molecule has 1 fully saturated rings. The number of amides is 1. The summed E-state index contributed by atoms with van der Waals surface area (Å²) in [5, 5.41) is 5.61. The maximum absolute atomic E-state index is 13.6. The van der Waals surface area contributed by atoms with Gasteiger partial charge in [-0.15, -0.1) is 0 Å². The molecule has 0 N–H and O–H groups in total. The van der Waals surface area contributed by atoms with Crippen LogP contribution in [0.25, 0.3) is 16.7 Å². The lowest BCUT2D eigenvalue weighted by atomic mass is 10.1. The van der Waals surface area contributed by atoms with Crippen LogP contribution in [0.15, 0.2) is 77.4 Å². The zero-order valence-electron chi connectivity index (χ0n) is 20.3. The molecule has 0 spiro atoms. The van der Waals surface area contributed by atoms with Gasteiger partial charge in [-0.25, -0.2) is 19.0 Å². The summed E-state index contributed by atoms with van der Waals surface area (Å²) in [6.45, 7) is 4.26. The Balaban J connectivity index is 1.39. The van der Waals surface area contributed by atoms with E-state index in [0.29, 0.717) is 49.8 Å². The van der Waals surface area contributed by atoms with Crippen molar-refractivity contribution in [3.05, 3.63) is 102 Å². The Hall–Kier alpha value is -4.53. The lowest BCUT2D eigenvalue weighted by Gasteiger charge is -2.35. The number of piperazine rings is 1. The van der Waals surface area contributed by atoms with Crippen LogP contribution in [0.5, 0.6) is 0 Å². The largest absolute Gasteiger partial charge is 0.459 e. The number of anilines is 1. The number of nitrogens with zero attached hydrogens (tertiary/aromatic N) is 6. The highest BCUT2D eigenvalue weighted by Gasteiger charge is 2.27. The van der Waals surface area contributed by atoms with Crippen molar-refractivity contribution in [1.29, 1.82) is 0 Å². The summed E-state index contributed by atoms with van der Waals surface area (Å²) in [6, 6.07) is 19.7. The number of fused-ring (bicyclic) bond motifs is 1. The van der Waals surface area contributed by atoms with Crippen LogP contribution in [0.4, 0.5) is 10.2 Å². The summed E-state index contributed by atoms with van der Waals surface area (Å²) in [4.78, 5) is 26.7. The first-order valence-corrected chi connectivity index (χ1v) is 12.2. The molecule has 0 aliphatic carbocycles. The van der Waals surface area contributed by atoms with E-state index in [1.807, 2.05) is 25.1 Å². The number of carbonyl (C=O) groups excluding carboxylic acids is 1. The molecule has 2 aromatic carbocycles. The van der Waals surface area contributed by atoms with Gasteiger partial charge in [0.05, 0.1) is 23.0 Å². The number of carbonyl (C=O) groups is 1. The normalized spacial score (nSPS) is 13.9. The Morgan fingerprint density at radius 1 is 0.946 bits per heavy atom. The second-order valence-corrected chi connectivity index (χ2v) is 9.05. The molecule has 9 heteroatoms. The van der Waals surface area contributed by atoms with E-state index in [-0.39, 0.29) is 11.7 Å². The summed E-state index contributed by atoms with van der Waals surface area (Å²) in [5.41, 5.74) is 3.29. The molecule has 186 valence electrons. The van der Waals surface area contributed by atoms with Crippen LogP contribution in [0.3, 0.4) is 0 Å². The monoisotopic (exact) mass is 496 g/mol. The first-order valence-electron chi connectivity index (χ1n) is 12.2. The SMILES string of the molecule is Cc1nn(-c2ccc(F)cc2)c2nc(Cc3ccccc3)nc(N3CCN(C(=O)c4ccco4)CC3)c12. The van der Waals surface area contributed by atoms with E-state index in [0.717, 1.165) is 28.1 Å². The third kappa shape index (κ3) is 4.44. The Labute approximate surface area is 213 Å². The molecule has 6 rings (SSSR count). The van der Waals surface area contributed by atoms with E-state index in [9.17, 15) is 9.18 Å². The number of benzene rings is 2. The van der Waals surface area contributed by atoms with Gasteiger partial charge in [0.25, 0.3) is 5.91 Å². The molecule has 1 aliphatic heterocycles. The van der Waals surface area contributed by atoms with Crippen LogP contribution in [0, 0.1) is 12.7 Å². The lowest BCUT2D eigenvalue weighted by Crippen LogP contribution is -2.49. The molecule has 0 bridgehead atoms. The summed E-state index contributed by atoms with van der Waals surface area (Å²) in [6.07, 6.45) is 2.07. The Morgan fingerprint density at radius 2 is 1.70 bits per heavy atom. The van der Waals surface area contributed by atoms with Gasteiger partial charge < -0.3 is 14.2 Å². The predicted molar refractivity (Wildman–Crippen MR) is 137 cm³/mol. The Bertz CT molecular complexity index is 1540. The van der Waals surface area contributed by atoms with Gasteiger partial charge in [0.2, 0.25) is 0 Å². The summed E-state index contributed by atoms with van der Waals surface area (Å²) < 4.78 is 20.7. The first kappa shape index (κ1) is 22.9. The highest BCUT2D eigenvalue weighted by Crippen LogP contribution is 2.30. The zero-order chi connectivity index (χ0) is 25.4. The molecule has 37 heavy (non-hydrogen) atoms. The van der Waals surface area contributed by atoms with Crippen molar-refractivity contribution in [2.24, 2.45) is 0 Å². The number of furan rings is 1. The van der Waals surface area contributed by atoms with Gasteiger partial charge in [0.15, 0.2) is 11.4 Å². The molecular formula is C28H25FN6O2. The van der Waals surface area contributed by atoms with Crippen molar-refractivity contribution in [2.75, 3.05) is 31.1 Å². The molecule has 1 amide bonds. The van der Waals surface area contributed by atoms with Gasteiger partial charge >= 0.3 is 0 Å². The van der Waals surface area contributed by atoms with E-state index >= 15 is 0 Å². The smallest absolute Gasteiger partial charge is 0.289 e. The van der Waals surface area contributed by atoms with Crippen molar-refractivity contribution in [1.82, 2.24) is 24.6 Å². The van der Waals surface area contributed by atoms with E-state index in [1.54, 1.807) is 33.8 Å². The van der Waals surface area contributed by atoms with Gasteiger partial charge in [-0.05, 0) is 48.9 Å². The lowest BCUT2D eigenvalue weighted by molar-refractivity contribution is 0.0714.